The average Bonchev–Trinajstić information content (AvgIpc) is 2.77. The molecule has 0 nitrogen and oxygen atoms in total. The van der Waals surface area contributed by atoms with Crippen molar-refractivity contribution >= 4 is 0 Å². The second-order valence-corrected chi connectivity index (χ2v) is 10.9. The molecule has 4 rings (SSSR count). The lowest BCUT2D eigenvalue weighted by Gasteiger charge is -2.45. The van der Waals surface area contributed by atoms with Gasteiger partial charge in [-0.15, -0.1) is 0 Å². The zero-order valence-corrected chi connectivity index (χ0v) is 19.4. The van der Waals surface area contributed by atoms with Crippen molar-refractivity contribution in [3.63, 3.8) is 0 Å². The Morgan fingerprint density at radius 3 is 2.31 bits per heavy atom. The molecule has 3 aliphatic rings. The number of rotatable bonds is 8. The van der Waals surface area contributed by atoms with Gasteiger partial charge in [0.15, 0.2) is 0 Å². The Labute approximate surface area is 181 Å². The number of hydrogen-bond acceptors (Lipinski definition) is 0. The maximum Gasteiger partial charge on any atom is -0.0245 e. The molecule has 0 N–H and O–H groups in total. The molecule has 162 valence electrons. The maximum atomic E-state index is 2.51. The summed E-state index contributed by atoms with van der Waals surface area (Å²) in [5.41, 5.74) is 4.89. The Hall–Kier alpha value is -0.780. The SMILES string of the molecule is CCCCCCCC1CCC2CC(C3CCc4cc(CC)ccc4C3)CCC2C1. The zero-order chi connectivity index (χ0) is 20.1. The Morgan fingerprint density at radius 1 is 0.724 bits per heavy atom. The van der Waals surface area contributed by atoms with Gasteiger partial charge < -0.3 is 0 Å². The zero-order valence-electron chi connectivity index (χ0n) is 19.4. The van der Waals surface area contributed by atoms with Crippen LogP contribution < -0.4 is 0 Å². The summed E-state index contributed by atoms with van der Waals surface area (Å²) in [6.07, 6.45) is 23.6. The number of fused-ring (bicyclic) bond motifs is 2. The Morgan fingerprint density at radius 2 is 1.48 bits per heavy atom. The van der Waals surface area contributed by atoms with Crippen molar-refractivity contribution in [2.24, 2.45) is 29.6 Å². The first-order chi connectivity index (χ1) is 14.3. The Bertz CT molecular complexity index is 629. The van der Waals surface area contributed by atoms with E-state index in [1.165, 1.54) is 76.2 Å². The largest absolute Gasteiger partial charge is 0.0654 e. The van der Waals surface area contributed by atoms with E-state index in [1.54, 1.807) is 43.2 Å². The lowest BCUT2D eigenvalue weighted by molar-refractivity contribution is 0.0690. The third-order valence-electron chi connectivity index (χ3n) is 9.09. The van der Waals surface area contributed by atoms with Crippen LogP contribution in [0.5, 0.6) is 0 Å². The van der Waals surface area contributed by atoms with Gasteiger partial charge in [0, 0.05) is 0 Å². The van der Waals surface area contributed by atoms with Crippen LogP contribution in [0, 0.1) is 29.6 Å². The summed E-state index contributed by atoms with van der Waals surface area (Å²) in [4.78, 5) is 0. The van der Waals surface area contributed by atoms with E-state index in [4.69, 9.17) is 0 Å². The van der Waals surface area contributed by atoms with E-state index < -0.39 is 0 Å². The van der Waals surface area contributed by atoms with Gasteiger partial charge in [0.1, 0.15) is 0 Å². The third-order valence-corrected chi connectivity index (χ3v) is 9.09. The highest BCUT2D eigenvalue weighted by Crippen LogP contribution is 2.49. The minimum Gasteiger partial charge on any atom is -0.0654 e. The Kier molecular flexibility index (Phi) is 7.77. The van der Waals surface area contributed by atoms with Crippen LogP contribution in [0.1, 0.15) is 114 Å². The fraction of sp³-hybridized carbons (Fsp3) is 0.793. The summed E-state index contributed by atoms with van der Waals surface area (Å²) >= 11 is 0. The van der Waals surface area contributed by atoms with Gasteiger partial charge in [-0.25, -0.2) is 0 Å². The molecular formula is C29H46. The topological polar surface area (TPSA) is 0 Å². The molecule has 29 heavy (non-hydrogen) atoms. The van der Waals surface area contributed by atoms with Gasteiger partial charge in [-0.05, 0) is 104 Å². The van der Waals surface area contributed by atoms with E-state index in [9.17, 15) is 0 Å². The monoisotopic (exact) mass is 394 g/mol. The van der Waals surface area contributed by atoms with Crippen LogP contribution in [0.4, 0.5) is 0 Å². The number of unbranched alkanes of at least 4 members (excludes halogenated alkanes) is 4. The van der Waals surface area contributed by atoms with E-state index in [1.807, 2.05) is 0 Å². The molecule has 0 heterocycles. The molecule has 0 amide bonds. The van der Waals surface area contributed by atoms with Crippen molar-refractivity contribution in [2.45, 2.75) is 117 Å². The van der Waals surface area contributed by atoms with Gasteiger partial charge in [0.05, 0.1) is 0 Å². The smallest absolute Gasteiger partial charge is 0.0245 e. The van der Waals surface area contributed by atoms with Crippen LogP contribution >= 0.6 is 0 Å². The van der Waals surface area contributed by atoms with Gasteiger partial charge in [-0.3, -0.25) is 0 Å². The summed E-state index contributed by atoms with van der Waals surface area (Å²) in [7, 11) is 0. The number of benzene rings is 1. The van der Waals surface area contributed by atoms with Crippen LogP contribution in [0.2, 0.25) is 0 Å². The first-order valence-corrected chi connectivity index (χ1v) is 13.4. The predicted molar refractivity (Wildman–Crippen MR) is 126 cm³/mol. The van der Waals surface area contributed by atoms with Crippen LogP contribution in [0.25, 0.3) is 0 Å². The molecule has 0 aromatic heterocycles. The molecular weight excluding hydrogens is 348 g/mol. The van der Waals surface area contributed by atoms with Crippen molar-refractivity contribution in [3.8, 4) is 0 Å². The molecule has 0 heteroatoms. The molecule has 3 aliphatic carbocycles. The summed E-state index contributed by atoms with van der Waals surface area (Å²) in [5, 5.41) is 0. The van der Waals surface area contributed by atoms with Gasteiger partial charge in [-0.1, -0.05) is 77.0 Å². The molecule has 0 saturated heterocycles. The first-order valence-electron chi connectivity index (χ1n) is 13.4. The van der Waals surface area contributed by atoms with Gasteiger partial charge in [0.2, 0.25) is 0 Å². The van der Waals surface area contributed by atoms with E-state index in [0.717, 1.165) is 29.6 Å². The fourth-order valence-corrected chi connectivity index (χ4v) is 7.21. The van der Waals surface area contributed by atoms with Crippen molar-refractivity contribution in [1.29, 1.82) is 0 Å². The van der Waals surface area contributed by atoms with E-state index in [0.29, 0.717) is 0 Å². The minimum atomic E-state index is 0.979. The number of aryl methyl sites for hydroxylation is 2. The normalized spacial score (nSPS) is 31.9. The molecule has 2 saturated carbocycles. The number of hydrogen-bond donors (Lipinski definition) is 0. The maximum absolute atomic E-state index is 2.51. The molecule has 5 unspecified atom stereocenters. The van der Waals surface area contributed by atoms with E-state index >= 15 is 0 Å². The lowest BCUT2D eigenvalue weighted by atomic mass is 9.61. The van der Waals surface area contributed by atoms with Crippen LogP contribution in [-0.2, 0) is 19.3 Å². The lowest BCUT2D eigenvalue weighted by Crippen LogP contribution is -2.35. The van der Waals surface area contributed by atoms with Crippen molar-refractivity contribution in [2.75, 3.05) is 0 Å². The van der Waals surface area contributed by atoms with Crippen molar-refractivity contribution < 1.29 is 0 Å². The summed E-state index contributed by atoms with van der Waals surface area (Å²) in [6.45, 7) is 4.61. The highest BCUT2D eigenvalue weighted by molar-refractivity contribution is 5.34. The molecule has 0 bridgehead atoms. The van der Waals surface area contributed by atoms with Crippen LogP contribution in [-0.4, -0.2) is 0 Å². The highest BCUT2D eigenvalue weighted by Gasteiger charge is 2.38. The van der Waals surface area contributed by atoms with Crippen molar-refractivity contribution in [1.82, 2.24) is 0 Å². The standard InChI is InChI=1S/C29H46/c1-3-5-6-7-8-9-23-11-13-27-21-29(17-15-25(27)19-23)28-16-14-24-18-22(4-2)10-12-26(24)20-28/h10,12,18,23,25,27-29H,3-9,11,13-17,19-21H2,1-2H3. The molecule has 0 aliphatic heterocycles. The first kappa shape index (κ1) is 21.5. The minimum absolute atomic E-state index is 0.979. The second-order valence-electron chi connectivity index (χ2n) is 10.9. The quantitative estimate of drug-likeness (QED) is 0.387. The van der Waals surface area contributed by atoms with Gasteiger partial charge >= 0.3 is 0 Å². The van der Waals surface area contributed by atoms with Gasteiger partial charge in [-0.2, -0.15) is 0 Å². The second kappa shape index (κ2) is 10.5. The van der Waals surface area contributed by atoms with Crippen LogP contribution in [0.15, 0.2) is 18.2 Å². The van der Waals surface area contributed by atoms with E-state index in [-0.39, 0.29) is 0 Å². The summed E-state index contributed by atoms with van der Waals surface area (Å²) in [5.74, 6) is 5.24. The molecule has 0 spiro atoms. The van der Waals surface area contributed by atoms with Gasteiger partial charge in [0.25, 0.3) is 0 Å². The van der Waals surface area contributed by atoms with E-state index in [2.05, 4.69) is 32.0 Å². The fourth-order valence-electron chi connectivity index (χ4n) is 7.21. The molecule has 1 aromatic rings. The molecule has 5 atom stereocenters. The average molecular weight is 395 g/mol. The summed E-state index contributed by atoms with van der Waals surface area (Å²) in [6, 6.07) is 7.37. The third kappa shape index (κ3) is 5.48. The van der Waals surface area contributed by atoms with Crippen LogP contribution in [0.3, 0.4) is 0 Å². The Balaban J connectivity index is 1.24. The predicted octanol–water partition coefficient (Wildman–Crippen LogP) is 8.55. The molecule has 0 radical (unpaired) electrons. The molecule has 2 fully saturated rings. The molecule has 1 aromatic carbocycles. The highest BCUT2D eigenvalue weighted by atomic mass is 14.4. The van der Waals surface area contributed by atoms with Crippen molar-refractivity contribution in [3.05, 3.63) is 34.9 Å². The summed E-state index contributed by atoms with van der Waals surface area (Å²) < 4.78 is 0.